The highest BCUT2D eigenvalue weighted by Gasteiger charge is 2.28. The van der Waals surface area contributed by atoms with Crippen molar-refractivity contribution in [3.63, 3.8) is 0 Å². The zero-order chi connectivity index (χ0) is 20.2. The van der Waals surface area contributed by atoms with Crippen molar-refractivity contribution >= 4 is 12.8 Å². The van der Waals surface area contributed by atoms with Crippen LogP contribution in [0.1, 0.15) is 57.1 Å². The van der Waals surface area contributed by atoms with Gasteiger partial charge in [-0.2, -0.15) is 0 Å². The van der Waals surface area contributed by atoms with Gasteiger partial charge in [-0.25, -0.2) is 4.79 Å². The van der Waals surface area contributed by atoms with E-state index in [0.717, 1.165) is 36.8 Å². The number of fused-ring (bicyclic) bond motifs is 1. The van der Waals surface area contributed by atoms with Gasteiger partial charge < -0.3 is 19.4 Å². The van der Waals surface area contributed by atoms with E-state index >= 15 is 0 Å². The molecule has 2 atom stereocenters. The summed E-state index contributed by atoms with van der Waals surface area (Å²) in [6.07, 6.45) is 5.93. The topological polar surface area (TPSA) is 72.8 Å². The Morgan fingerprint density at radius 2 is 2.00 bits per heavy atom. The summed E-state index contributed by atoms with van der Waals surface area (Å²) in [5, 5.41) is 9.93. The Hall–Kier alpha value is -2.40. The molecule has 2 rings (SSSR count). The van der Waals surface area contributed by atoms with Crippen LogP contribution in [0.2, 0.25) is 0 Å². The fraction of sp³-hybridized carbons (Fsp3) is 0.455. The molecule has 0 heterocycles. The van der Waals surface area contributed by atoms with Gasteiger partial charge in [-0.1, -0.05) is 36.3 Å². The first kappa shape index (κ1) is 22.6. The third kappa shape index (κ3) is 7.02. The van der Waals surface area contributed by atoms with Crippen molar-refractivity contribution in [1.29, 1.82) is 0 Å². The molecule has 0 aromatic heterocycles. The third-order valence-corrected chi connectivity index (χ3v) is 4.32. The second-order valence-corrected chi connectivity index (χ2v) is 6.56. The summed E-state index contributed by atoms with van der Waals surface area (Å²) in [5.41, 5.74) is 3.83. The van der Waals surface area contributed by atoms with Gasteiger partial charge in [0.25, 0.3) is 0 Å². The van der Waals surface area contributed by atoms with Crippen LogP contribution in [0.15, 0.2) is 47.7 Å². The zero-order valence-corrected chi connectivity index (χ0v) is 16.4. The number of aryl methyl sites for hydroxylation is 1. The zero-order valence-electron chi connectivity index (χ0n) is 16.4. The predicted molar refractivity (Wildman–Crippen MR) is 105 cm³/mol. The number of rotatable bonds is 6. The van der Waals surface area contributed by atoms with Crippen molar-refractivity contribution < 1.29 is 24.2 Å². The Kier molecular flexibility index (Phi) is 10.1. The molecule has 1 aliphatic carbocycles. The normalized spacial score (nSPS) is 17.3. The molecule has 1 N–H and O–H groups in total. The van der Waals surface area contributed by atoms with Gasteiger partial charge in [0, 0.05) is 5.92 Å². The number of ether oxygens (including phenoxy) is 2. The summed E-state index contributed by atoms with van der Waals surface area (Å²) in [6.45, 7) is 7.85. The number of hydrogen-bond acceptors (Lipinski definition) is 5. The van der Waals surface area contributed by atoms with E-state index in [4.69, 9.17) is 14.3 Å². The monoisotopic (exact) mass is 374 g/mol. The molecular weight excluding hydrogens is 344 g/mol. The standard InChI is InChI=1S/C21H28O4.CH2O/c1-4-24-21(23)19(14-25-20(22)13-15(2)3)18-12-8-6-10-16-9-5-7-11-17(16)18;1-2/h5,7,9,11,13-14,18,20,22H,4,6,8,10,12H2,1-3H3;1H2/b19-14+;. The summed E-state index contributed by atoms with van der Waals surface area (Å²) in [5.74, 6) is -0.453. The first-order valence-electron chi connectivity index (χ1n) is 9.25. The average molecular weight is 374 g/mol. The second kappa shape index (κ2) is 12.1. The fourth-order valence-electron chi connectivity index (χ4n) is 3.20. The number of benzene rings is 1. The molecule has 0 radical (unpaired) electrons. The lowest BCUT2D eigenvalue weighted by Crippen LogP contribution is -2.17. The van der Waals surface area contributed by atoms with Gasteiger partial charge >= 0.3 is 5.97 Å². The molecule has 27 heavy (non-hydrogen) atoms. The SMILES string of the molecule is C=O.CCOC(=O)/C(=C/OC(O)C=C(C)C)C1CCCCc2ccccc21. The largest absolute Gasteiger partial charge is 0.468 e. The first-order chi connectivity index (χ1) is 13.0. The third-order valence-electron chi connectivity index (χ3n) is 4.32. The summed E-state index contributed by atoms with van der Waals surface area (Å²) >= 11 is 0. The van der Waals surface area contributed by atoms with Crippen LogP contribution in [0.25, 0.3) is 0 Å². The Morgan fingerprint density at radius 3 is 2.67 bits per heavy atom. The van der Waals surface area contributed by atoms with Crippen LogP contribution in [0.3, 0.4) is 0 Å². The van der Waals surface area contributed by atoms with Crippen LogP contribution in [-0.4, -0.2) is 30.8 Å². The molecule has 0 fully saturated rings. The first-order valence-corrected chi connectivity index (χ1v) is 9.25. The summed E-state index contributed by atoms with van der Waals surface area (Å²) < 4.78 is 10.7. The van der Waals surface area contributed by atoms with Gasteiger partial charge in [-0.3, -0.25) is 0 Å². The van der Waals surface area contributed by atoms with E-state index in [0.29, 0.717) is 12.2 Å². The minimum atomic E-state index is -1.07. The maximum atomic E-state index is 12.5. The second-order valence-electron chi connectivity index (χ2n) is 6.56. The van der Waals surface area contributed by atoms with Crippen molar-refractivity contribution in [2.75, 3.05) is 6.61 Å². The summed E-state index contributed by atoms with van der Waals surface area (Å²) in [7, 11) is 0. The molecule has 1 aliphatic rings. The van der Waals surface area contributed by atoms with E-state index < -0.39 is 6.29 Å². The molecular formula is C22H30O5. The number of carbonyl (C=O) groups is 2. The van der Waals surface area contributed by atoms with Crippen LogP contribution in [0.4, 0.5) is 0 Å². The molecule has 5 nitrogen and oxygen atoms in total. The predicted octanol–water partition coefficient (Wildman–Crippen LogP) is 4.06. The number of aliphatic hydroxyl groups excluding tert-OH is 1. The Balaban J connectivity index is 0.00000176. The molecule has 0 aliphatic heterocycles. The van der Waals surface area contributed by atoms with Crippen LogP contribution >= 0.6 is 0 Å². The molecule has 2 unspecified atom stereocenters. The summed E-state index contributed by atoms with van der Waals surface area (Å²) in [4.78, 5) is 20.5. The minimum absolute atomic E-state index is 0.0725. The van der Waals surface area contributed by atoms with Crippen molar-refractivity contribution in [3.05, 3.63) is 58.9 Å². The maximum absolute atomic E-state index is 12.5. The highest BCUT2D eigenvalue weighted by molar-refractivity contribution is 5.90. The van der Waals surface area contributed by atoms with E-state index in [1.54, 1.807) is 13.0 Å². The van der Waals surface area contributed by atoms with Crippen LogP contribution < -0.4 is 0 Å². The van der Waals surface area contributed by atoms with Crippen LogP contribution in [-0.2, 0) is 25.5 Å². The van der Waals surface area contributed by atoms with Crippen molar-refractivity contribution in [1.82, 2.24) is 0 Å². The van der Waals surface area contributed by atoms with Gasteiger partial charge in [0.05, 0.1) is 18.4 Å². The molecule has 1 aromatic rings. The molecule has 0 saturated heterocycles. The van der Waals surface area contributed by atoms with Gasteiger partial charge in [-0.05, 0) is 57.2 Å². The quantitative estimate of drug-likeness (QED) is 0.203. The van der Waals surface area contributed by atoms with Crippen molar-refractivity contribution in [2.24, 2.45) is 0 Å². The molecule has 5 heteroatoms. The highest BCUT2D eigenvalue weighted by Crippen LogP contribution is 2.36. The number of allylic oxidation sites excluding steroid dienone is 1. The molecule has 0 bridgehead atoms. The van der Waals surface area contributed by atoms with Crippen LogP contribution in [0, 0.1) is 0 Å². The molecule has 148 valence electrons. The molecule has 0 amide bonds. The van der Waals surface area contributed by atoms with Gasteiger partial charge in [-0.15, -0.1) is 0 Å². The average Bonchev–Trinajstić information content (AvgIpc) is 2.86. The van der Waals surface area contributed by atoms with E-state index in [-0.39, 0.29) is 11.9 Å². The highest BCUT2D eigenvalue weighted by atomic mass is 16.6. The molecule has 0 saturated carbocycles. The number of hydrogen-bond donors (Lipinski definition) is 1. The van der Waals surface area contributed by atoms with E-state index in [9.17, 15) is 9.90 Å². The number of aliphatic hydroxyl groups is 1. The maximum Gasteiger partial charge on any atom is 0.337 e. The van der Waals surface area contributed by atoms with Gasteiger partial charge in [0.15, 0.2) is 0 Å². The molecule has 0 spiro atoms. The Bertz CT molecular complexity index is 658. The number of esters is 1. The number of carbonyl (C=O) groups excluding carboxylic acids is 2. The lowest BCUT2D eigenvalue weighted by Gasteiger charge is -2.20. The minimum Gasteiger partial charge on any atom is -0.468 e. The lowest BCUT2D eigenvalue weighted by atomic mass is 9.87. The van der Waals surface area contributed by atoms with Gasteiger partial charge in [0.2, 0.25) is 6.29 Å². The summed E-state index contributed by atoms with van der Waals surface area (Å²) in [6, 6.07) is 8.23. The van der Waals surface area contributed by atoms with Crippen LogP contribution in [0.5, 0.6) is 0 Å². The lowest BCUT2D eigenvalue weighted by molar-refractivity contribution is -0.139. The van der Waals surface area contributed by atoms with Crippen molar-refractivity contribution in [3.8, 4) is 0 Å². The van der Waals surface area contributed by atoms with E-state index in [1.807, 2.05) is 32.8 Å². The smallest absolute Gasteiger partial charge is 0.337 e. The van der Waals surface area contributed by atoms with Crippen molar-refractivity contribution in [2.45, 2.75) is 58.7 Å². The van der Waals surface area contributed by atoms with Gasteiger partial charge in [0.1, 0.15) is 6.79 Å². The van der Waals surface area contributed by atoms with E-state index in [1.165, 1.54) is 11.8 Å². The van der Waals surface area contributed by atoms with E-state index in [2.05, 4.69) is 12.1 Å². The molecule has 1 aromatic carbocycles. The Labute approximate surface area is 161 Å². The Morgan fingerprint density at radius 1 is 1.30 bits per heavy atom. The fourth-order valence-corrected chi connectivity index (χ4v) is 3.20.